The fourth-order valence-corrected chi connectivity index (χ4v) is 1.37. The van der Waals surface area contributed by atoms with E-state index in [0.29, 0.717) is 6.61 Å². The molecular weight excluding hydrogens is 152 g/mol. The molecule has 0 N–H and O–H groups in total. The normalized spacial score (nSPS) is 17.0. The van der Waals surface area contributed by atoms with Crippen LogP contribution in [0.5, 0.6) is 5.75 Å². The number of hydrogen-bond donors (Lipinski definition) is 0. The second kappa shape index (κ2) is 3.59. The van der Waals surface area contributed by atoms with Crippen LogP contribution in [0.3, 0.4) is 0 Å². The van der Waals surface area contributed by atoms with E-state index in [4.69, 9.17) is 9.78 Å². The predicted molar refractivity (Wildman–Crippen MR) is 46.0 cm³/mol. The van der Waals surface area contributed by atoms with Crippen LogP contribution >= 0.6 is 0 Å². The summed E-state index contributed by atoms with van der Waals surface area (Å²) in [6.45, 7) is 0.703. The highest BCUT2D eigenvalue weighted by molar-refractivity contribution is 5.32. The standard InChI is InChI=1S/C10H12O2/c1-2-7-10-9(5-1)6-3-4-8-11-12-10/h1-2,5,7H,3-4,6,8H2. The Bertz CT molecular complexity index is 231. The van der Waals surface area contributed by atoms with E-state index in [1.807, 2.05) is 18.2 Å². The fourth-order valence-electron chi connectivity index (χ4n) is 1.37. The van der Waals surface area contributed by atoms with E-state index in [-0.39, 0.29) is 0 Å². The summed E-state index contributed by atoms with van der Waals surface area (Å²) >= 11 is 0. The molecule has 0 spiro atoms. The first-order chi connectivity index (χ1) is 5.97. The number of benzene rings is 1. The summed E-state index contributed by atoms with van der Waals surface area (Å²) in [6, 6.07) is 8.03. The van der Waals surface area contributed by atoms with Crippen molar-refractivity contribution in [1.29, 1.82) is 0 Å². The van der Waals surface area contributed by atoms with Crippen LogP contribution < -0.4 is 4.89 Å². The molecular formula is C10H12O2. The first-order valence-corrected chi connectivity index (χ1v) is 4.34. The Hall–Kier alpha value is -1.02. The first kappa shape index (κ1) is 7.62. The topological polar surface area (TPSA) is 18.5 Å². The van der Waals surface area contributed by atoms with Gasteiger partial charge in [-0.1, -0.05) is 18.2 Å². The van der Waals surface area contributed by atoms with Gasteiger partial charge in [-0.3, -0.25) is 0 Å². The van der Waals surface area contributed by atoms with Gasteiger partial charge >= 0.3 is 0 Å². The molecule has 0 bridgehead atoms. The highest BCUT2D eigenvalue weighted by Crippen LogP contribution is 2.21. The molecule has 0 aliphatic carbocycles. The largest absolute Gasteiger partial charge is 0.337 e. The van der Waals surface area contributed by atoms with Crippen LogP contribution in [-0.4, -0.2) is 6.61 Å². The average molecular weight is 164 g/mol. The van der Waals surface area contributed by atoms with Crippen molar-refractivity contribution in [2.45, 2.75) is 19.3 Å². The van der Waals surface area contributed by atoms with Crippen molar-refractivity contribution in [2.75, 3.05) is 6.61 Å². The van der Waals surface area contributed by atoms with Gasteiger partial charge in [0.2, 0.25) is 0 Å². The molecule has 0 saturated heterocycles. The van der Waals surface area contributed by atoms with E-state index < -0.39 is 0 Å². The minimum atomic E-state index is 0.703. The van der Waals surface area contributed by atoms with Crippen LogP contribution in [0, 0.1) is 0 Å². The Balaban J connectivity index is 2.24. The van der Waals surface area contributed by atoms with Gasteiger partial charge in [0.05, 0.1) is 6.61 Å². The van der Waals surface area contributed by atoms with Gasteiger partial charge in [0.25, 0.3) is 0 Å². The van der Waals surface area contributed by atoms with Gasteiger partial charge in [-0.05, 0) is 30.9 Å². The summed E-state index contributed by atoms with van der Waals surface area (Å²) in [5, 5.41) is 0. The smallest absolute Gasteiger partial charge is 0.168 e. The fraction of sp³-hybridized carbons (Fsp3) is 0.400. The monoisotopic (exact) mass is 164 g/mol. The molecule has 2 nitrogen and oxygen atoms in total. The van der Waals surface area contributed by atoms with Crippen LogP contribution in [0.2, 0.25) is 0 Å². The van der Waals surface area contributed by atoms with Gasteiger partial charge in [-0.15, -0.1) is 0 Å². The minimum Gasteiger partial charge on any atom is -0.337 e. The van der Waals surface area contributed by atoms with E-state index in [1.165, 1.54) is 12.0 Å². The van der Waals surface area contributed by atoms with Crippen LogP contribution in [0.1, 0.15) is 18.4 Å². The molecule has 2 rings (SSSR count). The van der Waals surface area contributed by atoms with Crippen molar-refractivity contribution in [3.63, 3.8) is 0 Å². The van der Waals surface area contributed by atoms with Crippen molar-refractivity contribution in [3.8, 4) is 5.75 Å². The predicted octanol–water partition coefficient (Wildman–Crippen LogP) is 2.33. The average Bonchev–Trinajstić information content (AvgIpc) is 2.06. The molecule has 0 aromatic heterocycles. The van der Waals surface area contributed by atoms with E-state index in [9.17, 15) is 0 Å². The van der Waals surface area contributed by atoms with Crippen LogP contribution in [0.25, 0.3) is 0 Å². The van der Waals surface area contributed by atoms with E-state index in [1.54, 1.807) is 0 Å². The number of fused-ring (bicyclic) bond motifs is 1. The maximum atomic E-state index is 5.13. The lowest BCUT2D eigenvalue weighted by molar-refractivity contribution is -0.209. The Morgan fingerprint density at radius 3 is 3.00 bits per heavy atom. The SMILES string of the molecule is c1ccc2c(c1)CCCCOO2. The summed E-state index contributed by atoms with van der Waals surface area (Å²) in [4.78, 5) is 10.1. The molecule has 1 aliphatic heterocycles. The molecule has 1 heterocycles. The van der Waals surface area contributed by atoms with Gasteiger partial charge in [0, 0.05) is 0 Å². The molecule has 2 heteroatoms. The molecule has 1 aromatic rings. The van der Waals surface area contributed by atoms with E-state index in [0.717, 1.165) is 18.6 Å². The molecule has 64 valence electrons. The van der Waals surface area contributed by atoms with Crippen LogP contribution in [0.4, 0.5) is 0 Å². The molecule has 0 radical (unpaired) electrons. The maximum Gasteiger partial charge on any atom is 0.168 e. The molecule has 12 heavy (non-hydrogen) atoms. The summed E-state index contributed by atoms with van der Waals surface area (Å²) in [5.74, 6) is 0.872. The zero-order chi connectivity index (χ0) is 8.23. The lowest BCUT2D eigenvalue weighted by Crippen LogP contribution is -2.05. The minimum absolute atomic E-state index is 0.703. The van der Waals surface area contributed by atoms with Crippen molar-refractivity contribution >= 4 is 0 Å². The zero-order valence-electron chi connectivity index (χ0n) is 6.95. The number of hydrogen-bond acceptors (Lipinski definition) is 2. The molecule has 0 unspecified atom stereocenters. The van der Waals surface area contributed by atoms with E-state index >= 15 is 0 Å². The second-order valence-electron chi connectivity index (χ2n) is 2.97. The van der Waals surface area contributed by atoms with Gasteiger partial charge in [0.15, 0.2) is 5.75 Å². The summed E-state index contributed by atoms with van der Waals surface area (Å²) < 4.78 is 0. The first-order valence-electron chi connectivity index (χ1n) is 4.34. The zero-order valence-corrected chi connectivity index (χ0v) is 6.95. The molecule has 1 aliphatic rings. The number of rotatable bonds is 0. The number of para-hydroxylation sites is 1. The van der Waals surface area contributed by atoms with E-state index in [2.05, 4.69) is 6.07 Å². The van der Waals surface area contributed by atoms with Crippen molar-refractivity contribution in [3.05, 3.63) is 29.8 Å². The van der Waals surface area contributed by atoms with Crippen LogP contribution in [0.15, 0.2) is 24.3 Å². The second-order valence-corrected chi connectivity index (χ2v) is 2.97. The third kappa shape index (κ3) is 1.59. The Kier molecular flexibility index (Phi) is 2.28. The molecule has 0 fully saturated rings. The highest BCUT2D eigenvalue weighted by Gasteiger charge is 2.06. The molecule has 0 saturated carbocycles. The van der Waals surface area contributed by atoms with Crippen LogP contribution in [-0.2, 0) is 11.3 Å². The maximum absolute atomic E-state index is 5.13. The lowest BCUT2D eigenvalue weighted by atomic mass is 10.1. The Morgan fingerprint density at radius 2 is 2.00 bits per heavy atom. The Labute approximate surface area is 72.0 Å². The van der Waals surface area contributed by atoms with Gasteiger partial charge in [0.1, 0.15) is 0 Å². The van der Waals surface area contributed by atoms with Gasteiger partial charge < -0.3 is 4.89 Å². The number of aryl methyl sites for hydroxylation is 1. The van der Waals surface area contributed by atoms with Gasteiger partial charge in [-0.25, -0.2) is 0 Å². The molecule has 0 amide bonds. The van der Waals surface area contributed by atoms with Crippen molar-refractivity contribution in [1.82, 2.24) is 0 Å². The van der Waals surface area contributed by atoms with Gasteiger partial charge in [-0.2, -0.15) is 4.89 Å². The van der Waals surface area contributed by atoms with Crippen molar-refractivity contribution in [2.24, 2.45) is 0 Å². The summed E-state index contributed by atoms with van der Waals surface area (Å²) in [7, 11) is 0. The molecule has 1 aromatic carbocycles. The third-order valence-electron chi connectivity index (χ3n) is 2.05. The summed E-state index contributed by atoms with van der Waals surface area (Å²) in [6.07, 6.45) is 3.36. The Morgan fingerprint density at radius 1 is 1.08 bits per heavy atom. The highest BCUT2D eigenvalue weighted by atomic mass is 17.2. The van der Waals surface area contributed by atoms with Crippen molar-refractivity contribution < 1.29 is 9.78 Å². The third-order valence-corrected chi connectivity index (χ3v) is 2.05. The lowest BCUT2D eigenvalue weighted by Gasteiger charge is -2.12. The quantitative estimate of drug-likeness (QED) is 0.548. The summed E-state index contributed by atoms with van der Waals surface area (Å²) in [5.41, 5.74) is 1.25. The molecule has 0 atom stereocenters.